The highest BCUT2D eigenvalue weighted by molar-refractivity contribution is 5.93. The van der Waals surface area contributed by atoms with Crippen LogP contribution < -0.4 is 10.6 Å². The van der Waals surface area contributed by atoms with E-state index in [1.54, 1.807) is 6.07 Å². The van der Waals surface area contributed by atoms with Crippen molar-refractivity contribution >= 4 is 11.6 Å². The Morgan fingerprint density at radius 1 is 1.47 bits per heavy atom. The number of aromatic nitrogens is 1. The number of hydrogen-bond donors (Lipinski definition) is 2. The summed E-state index contributed by atoms with van der Waals surface area (Å²) in [6, 6.07) is 2.19. The number of nitrogens with one attached hydrogen (secondary N) is 2. The number of pyridine rings is 1. The summed E-state index contributed by atoms with van der Waals surface area (Å²) < 4.78 is 36.4. The molecule has 0 fully saturated rings. The molecule has 1 heterocycles. The Kier molecular flexibility index (Phi) is 5.14. The van der Waals surface area contributed by atoms with E-state index in [4.69, 9.17) is 0 Å². The average molecular weight is 275 g/mol. The van der Waals surface area contributed by atoms with Crippen molar-refractivity contribution in [1.29, 1.82) is 0 Å². The van der Waals surface area contributed by atoms with Gasteiger partial charge in [-0.05, 0) is 26.0 Å². The number of nitrogens with zero attached hydrogens (tertiary/aromatic N) is 1. The fourth-order valence-corrected chi connectivity index (χ4v) is 1.56. The van der Waals surface area contributed by atoms with Crippen LogP contribution >= 0.6 is 0 Å². The Balaban J connectivity index is 2.65. The van der Waals surface area contributed by atoms with E-state index >= 15 is 0 Å². The van der Waals surface area contributed by atoms with Crippen molar-refractivity contribution in [2.24, 2.45) is 0 Å². The molecule has 0 aromatic carbocycles. The molecule has 0 radical (unpaired) electrons. The Morgan fingerprint density at radius 2 is 2.16 bits per heavy atom. The van der Waals surface area contributed by atoms with E-state index in [-0.39, 0.29) is 5.69 Å². The molecule has 2 N–H and O–H groups in total. The van der Waals surface area contributed by atoms with Crippen molar-refractivity contribution in [2.75, 3.05) is 11.9 Å². The van der Waals surface area contributed by atoms with Crippen LogP contribution in [0.4, 0.5) is 18.9 Å². The van der Waals surface area contributed by atoms with E-state index < -0.39 is 24.5 Å². The first-order chi connectivity index (χ1) is 8.81. The van der Waals surface area contributed by atoms with Gasteiger partial charge in [-0.15, -0.1) is 0 Å². The lowest BCUT2D eigenvalue weighted by Gasteiger charge is -2.15. The molecule has 0 saturated carbocycles. The zero-order chi connectivity index (χ0) is 14.5. The first kappa shape index (κ1) is 15.3. The minimum absolute atomic E-state index is 0.0903. The molecule has 0 aliphatic heterocycles. The summed E-state index contributed by atoms with van der Waals surface area (Å²) in [4.78, 5) is 15.6. The molecule has 106 valence electrons. The molecular formula is C12H16F3N3O. The average Bonchev–Trinajstić information content (AvgIpc) is 2.27. The quantitative estimate of drug-likeness (QED) is 0.868. The second kappa shape index (κ2) is 6.40. The van der Waals surface area contributed by atoms with Gasteiger partial charge in [0.15, 0.2) is 0 Å². The highest BCUT2D eigenvalue weighted by Crippen LogP contribution is 2.21. The van der Waals surface area contributed by atoms with Crippen LogP contribution in [0.5, 0.6) is 0 Å². The lowest BCUT2D eigenvalue weighted by atomic mass is 10.2. The van der Waals surface area contributed by atoms with Crippen molar-refractivity contribution in [1.82, 2.24) is 10.3 Å². The molecule has 0 spiro atoms. The molecule has 1 aromatic rings. The molecule has 1 unspecified atom stereocenters. The number of carbonyl (C=O) groups is 1. The highest BCUT2D eigenvalue weighted by atomic mass is 19.4. The first-order valence-corrected chi connectivity index (χ1v) is 5.89. The lowest BCUT2D eigenvalue weighted by molar-refractivity contribution is -0.138. The number of carbonyl (C=O) groups excluding carboxylic acids is 1. The Morgan fingerprint density at radius 3 is 2.74 bits per heavy atom. The van der Waals surface area contributed by atoms with E-state index in [9.17, 15) is 18.0 Å². The summed E-state index contributed by atoms with van der Waals surface area (Å²) in [5.41, 5.74) is 0.790. The molecule has 1 amide bonds. The predicted molar refractivity (Wildman–Crippen MR) is 66.0 cm³/mol. The van der Waals surface area contributed by atoms with Gasteiger partial charge >= 0.3 is 6.18 Å². The summed E-state index contributed by atoms with van der Waals surface area (Å²) in [5.74, 6) is -0.614. The Hall–Kier alpha value is -1.79. The fourth-order valence-electron chi connectivity index (χ4n) is 1.56. The second-order valence-electron chi connectivity index (χ2n) is 4.15. The molecule has 0 aliphatic carbocycles. The standard InChI is InChI=1S/C12H16F3N3O/c1-3-16-9-4-5-17-10(6-9)11(19)18-8(2)7-12(13,14)15/h4-6,8H,3,7H2,1-2H3,(H,16,17)(H,18,19). The van der Waals surface area contributed by atoms with Crippen LogP contribution in [-0.4, -0.2) is 29.7 Å². The number of halogens is 3. The van der Waals surface area contributed by atoms with E-state index in [1.165, 1.54) is 19.2 Å². The third-order valence-corrected chi connectivity index (χ3v) is 2.29. The largest absolute Gasteiger partial charge is 0.391 e. The fraction of sp³-hybridized carbons (Fsp3) is 0.500. The lowest BCUT2D eigenvalue weighted by Crippen LogP contribution is -2.36. The molecular weight excluding hydrogens is 259 g/mol. The monoisotopic (exact) mass is 275 g/mol. The molecule has 1 atom stereocenters. The number of amides is 1. The van der Waals surface area contributed by atoms with Gasteiger partial charge in [0, 0.05) is 24.5 Å². The molecule has 0 bridgehead atoms. The SMILES string of the molecule is CCNc1ccnc(C(=O)NC(C)CC(F)(F)F)c1. The van der Waals surface area contributed by atoms with Crippen molar-refractivity contribution in [3.05, 3.63) is 24.0 Å². The first-order valence-electron chi connectivity index (χ1n) is 5.89. The smallest absolute Gasteiger partial charge is 0.385 e. The van der Waals surface area contributed by atoms with Crippen molar-refractivity contribution in [3.63, 3.8) is 0 Å². The maximum absolute atomic E-state index is 12.1. The third-order valence-electron chi connectivity index (χ3n) is 2.29. The van der Waals surface area contributed by atoms with E-state index in [0.29, 0.717) is 12.2 Å². The van der Waals surface area contributed by atoms with Gasteiger partial charge in [0.05, 0.1) is 6.42 Å². The van der Waals surface area contributed by atoms with Crippen molar-refractivity contribution in [2.45, 2.75) is 32.5 Å². The minimum Gasteiger partial charge on any atom is -0.385 e. The summed E-state index contributed by atoms with van der Waals surface area (Å²) in [7, 11) is 0. The van der Waals surface area contributed by atoms with Crippen LogP contribution in [0.25, 0.3) is 0 Å². The molecule has 4 nitrogen and oxygen atoms in total. The van der Waals surface area contributed by atoms with Crippen molar-refractivity contribution in [3.8, 4) is 0 Å². The summed E-state index contributed by atoms with van der Waals surface area (Å²) >= 11 is 0. The van der Waals surface area contributed by atoms with Gasteiger partial charge in [-0.1, -0.05) is 0 Å². The minimum atomic E-state index is -4.30. The van der Waals surface area contributed by atoms with E-state index in [0.717, 1.165) is 0 Å². The number of alkyl halides is 3. The van der Waals surface area contributed by atoms with Crippen LogP contribution in [0.15, 0.2) is 18.3 Å². The van der Waals surface area contributed by atoms with Crippen molar-refractivity contribution < 1.29 is 18.0 Å². The van der Waals surface area contributed by atoms with E-state index in [1.807, 2.05) is 6.92 Å². The van der Waals surface area contributed by atoms with Crippen LogP contribution in [0.1, 0.15) is 30.8 Å². The van der Waals surface area contributed by atoms with Gasteiger partial charge in [-0.25, -0.2) is 0 Å². The van der Waals surface area contributed by atoms with Gasteiger partial charge < -0.3 is 10.6 Å². The number of anilines is 1. The molecule has 1 aromatic heterocycles. The zero-order valence-electron chi connectivity index (χ0n) is 10.7. The third kappa shape index (κ3) is 5.58. The topological polar surface area (TPSA) is 54.0 Å². The molecule has 7 heteroatoms. The second-order valence-corrected chi connectivity index (χ2v) is 4.15. The highest BCUT2D eigenvalue weighted by Gasteiger charge is 2.30. The van der Waals surface area contributed by atoms with Crippen LogP contribution in [0.2, 0.25) is 0 Å². The maximum Gasteiger partial charge on any atom is 0.391 e. The van der Waals surface area contributed by atoms with E-state index in [2.05, 4.69) is 15.6 Å². The van der Waals surface area contributed by atoms with Crippen LogP contribution in [0, 0.1) is 0 Å². The maximum atomic E-state index is 12.1. The molecule has 19 heavy (non-hydrogen) atoms. The Labute approximate surface area is 109 Å². The van der Waals surface area contributed by atoms with Gasteiger partial charge in [0.2, 0.25) is 0 Å². The van der Waals surface area contributed by atoms with Gasteiger partial charge in [0.25, 0.3) is 5.91 Å². The number of hydrogen-bond acceptors (Lipinski definition) is 3. The molecule has 1 rings (SSSR count). The van der Waals surface area contributed by atoms with Crippen LogP contribution in [-0.2, 0) is 0 Å². The van der Waals surface area contributed by atoms with Gasteiger partial charge in [-0.2, -0.15) is 13.2 Å². The number of rotatable bonds is 5. The summed E-state index contributed by atoms with van der Waals surface area (Å²) in [6.07, 6.45) is -3.93. The zero-order valence-corrected chi connectivity index (χ0v) is 10.7. The van der Waals surface area contributed by atoms with Crippen LogP contribution in [0.3, 0.4) is 0 Å². The van der Waals surface area contributed by atoms with Gasteiger partial charge in [0.1, 0.15) is 5.69 Å². The molecule has 0 aliphatic rings. The normalized spacial score (nSPS) is 12.9. The van der Waals surface area contributed by atoms with Gasteiger partial charge in [-0.3, -0.25) is 9.78 Å². The predicted octanol–water partition coefficient (Wildman–Crippen LogP) is 2.58. The Bertz CT molecular complexity index is 434. The summed E-state index contributed by atoms with van der Waals surface area (Å²) in [6.45, 7) is 3.88. The summed E-state index contributed by atoms with van der Waals surface area (Å²) in [5, 5.41) is 5.27. The molecule has 0 saturated heterocycles.